The molecule has 4 rings (SSSR count). The van der Waals surface area contributed by atoms with Gasteiger partial charge in [-0.3, -0.25) is 4.79 Å². The summed E-state index contributed by atoms with van der Waals surface area (Å²) in [5, 5.41) is 21.8. The predicted molar refractivity (Wildman–Crippen MR) is 111 cm³/mol. The van der Waals surface area contributed by atoms with E-state index in [-0.39, 0.29) is 36.2 Å². The molecule has 31 heavy (non-hydrogen) atoms. The second kappa shape index (κ2) is 8.75. The van der Waals surface area contributed by atoms with Crippen molar-refractivity contribution in [3.8, 4) is 6.07 Å². The number of aliphatic hydroxyl groups excluding tert-OH is 1. The van der Waals surface area contributed by atoms with Gasteiger partial charge in [-0.25, -0.2) is 13.8 Å². The molecule has 3 atom stereocenters. The minimum Gasteiger partial charge on any atom is -0.394 e. The fourth-order valence-corrected chi connectivity index (χ4v) is 5.10. The van der Waals surface area contributed by atoms with Gasteiger partial charge in [-0.2, -0.15) is 5.26 Å². The highest BCUT2D eigenvalue weighted by Crippen LogP contribution is 2.47. The summed E-state index contributed by atoms with van der Waals surface area (Å²) in [6.07, 6.45) is -0.0145. The number of carbonyl (C=O) groups excluding carboxylic acids is 1. The van der Waals surface area contributed by atoms with Crippen LogP contribution in [0.15, 0.2) is 47.5 Å². The third-order valence-electron chi connectivity index (χ3n) is 5.59. The molecule has 0 spiro atoms. The predicted octanol–water partition coefficient (Wildman–Crippen LogP) is 2.96. The van der Waals surface area contributed by atoms with E-state index in [2.05, 4.69) is 10.3 Å². The first-order valence-corrected chi connectivity index (χ1v) is 10.7. The van der Waals surface area contributed by atoms with Gasteiger partial charge in [-0.1, -0.05) is 30.0 Å². The van der Waals surface area contributed by atoms with Crippen molar-refractivity contribution >= 4 is 22.8 Å². The molecule has 2 aliphatic heterocycles. The second-order valence-corrected chi connectivity index (χ2v) is 8.45. The maximum absolute atomic E-state index is 14.9. The van der Waals surface area contributed by atoms with Crippen LogP contribution in [0.25, 0.3) is 0 Å². The van der Waals surface area contributed by atoms with Crippen LogP contribution in [-0.2, 0) is 10.3 Å². The first-order valence-electron chi connectivity index (χ1n) is 9.68. The molecule has 2 heterocycles. The SMILES string of the molecule is N#Cc1cc([C@]23CO[C@@H](CO)C[C@H]2CSC(NC(=O)c2ccccc2)=N3)c(F)cc1F. The quantitative estimate of drug-likeness (QED) is 0.761. The third-order valence-corrected chi connectivity index (χ3v) is 6.62. The lowest BCUT2D eigenvalue weighted by Gasteiger charge is -2.46. The number of benzene rings is 2. The Hall–Kier alpha value is -2.80. The number of ether oxygens (including phenoxy) is 1. The summed E-state index contributed by atoms with van der Waals surface area (Å²) in [4.78, 5) is 17.3. The number of aliphatic hydroxyl groups is 1. The molecule has 0 radical (unpaired) electrons. The topological polar surface area (TPSA) is 94.7 Å². The summed E-state index contributed by atoms with van der Waals surface area (Å²) < 4.78 is 34.6. The maximum Gasteiger partial charge on any atom is 0.257 e. The van der Waals surface area contributed by atoms with E-state index in [1.807, 2.05) is 0 Å². The fourth-order valence-electron chi connectivity index (χ4n) is 3.94. The van der Waals surface area contributed by atoms with Gasteiger partial charge in [0.05, 0.1) is 24.9 Å². The third kappa shape index (κ3) is 4.06. The Morgan fingerprint density at radius 3 is 2.81 bits per heavy atom. The van der Waals surface area contributed by atoms with Crippen LogP contribution >= 0.6 is 11.8 Å². The molecule has 9 heteroatoms. The number of aliphatic imine (C=N–C) groups is 1. The Labute approximate surface area is 181 Å². The Kier molecular flexibility index (Phi) is 6.05. The number of hydrogen-bond donors (Lipinski definition) is 2. The van der Waals surface area contributed by atoms with E-state index in [9.17, 15) is 23.9 Å². The van der Waals surface area contributed by atoms with Crippen molar-refractivity contribution in [3.05, 3.63) is 70.8 Å². The Morgan fingerprint density at radius 2 is 2.10 bits per heavy atom. The molecule has 1 fully saturated rings. The number of rotatable bonds is 3. The van der Waals surface area contributed by atoms with Gasteiger partial charge in [0.2, 0.25) is 0 Å². The molecule has 2 aromatic carbocycles. The van der Waals surface area contributed by atoms with Crippen LogP contribution in [0.1, 0.15) is 27.9 Å². The van der Waals surface area contributed by atoms with Crippen LogP contribution < -0.4 is 5.32 Å². The standard InChI is InChI=1S/C22H19F2N3O3S/c23-18-8-19(24)17(6-14(18)9-25)22-12-30-16(10-28)7-15(22)11-31-21(27-22)26-20(29)13-4-2-1-3-5-13/h1-6,8,15-16,28H,7,10-12H2,(H,26,27,29)/t15-,16+,22-/m0/s1. The molecule has 0 aromatic heterocycles. The normalized spacial score (nSPS) is 25.2. The Morgan fingerprint density at radius 1 is 1.32 bits per heavy atom. The monoisotopic (exact) mass is 443 g/mol. The molecule has 0 unspecified atom stereocenters. The lowest BCUT2D eigenvalue weighted by molar-refractivity contribution is -0.0771. The van der Waals surface area contributed by atoms with Gasteiger partial charge in [0, 0.05) is 28.9 Å². The summed E-state index contributed by atoms with van der Waals surface area (Å²) in [5.41, 5.74) is -1.06. The van der Waals surface area contributed by atoms with Crippen molar-refractivity contribution in [1.29, 1.82) is 5.26 Å². The van der Waals surface area contributed by atoms with Gasteiger partial charge in [0.25, 0.3) is 5.91 Å². The number of carbonyl (C=O) groups is 1. The molecule has 1 saturated heterocycles. The van der Waals surface area contributed by atoms with Crippen molar-refractivity contribution in [3.63, 3.8) is 0 Å². The molecule has 2 aromatic rings. The number of nitrogens with one attached hydrogen (secondary N) is 1. The molecular formula is C22H19F2N3O3S. The van der Waals surface area contributed by atoms with E-state index in [1.54, 1.807) is 36.4 Å². The van der Waals surface area contributed by atoms with Crippen LogP contribution in [0.5, 0.6) is 0 Å². The molecule has 0 aliphatic carbocycles. The van der Waals surface area contributed by atoms with Gasteiger partial charge in [-0.05, 0) is 24.6 Å². The van der Waals surface area contributed by atoms with E-state index >= 15 is 0 Å². The van der Waals surface area contributed by atoms with E-state index in [4.69, 9.17) is 4.74 Å². The minimum atomic E-state index is -1.25. The Balaban J connectivity index is 1.76. The number of hydrogen-bond acceptors (Lipinski definition) is 6. The van der Waals surface area contributed by atoms with Crippen LogP contribution in [-0.4, -0.2) is 41.3 Å². The van der Waals surface area contributed by atoms with Gasteiger partial charge in [-0.15, -0.1) is 0 Å². The lowest BCUT2D eigenvalue weighted by Crippen LogP contribution is -2.52. The van der Waals surface area contributed by atoms with Gasteiger partial charge < -0.3 is 15.2 Å². The lowest BCUT2D eigenvalue weighted by atomic mass is 9.74. The zero-order valence-corrected chi connectivity index (χ0v) is 17.2. The molecule has 6 nitrogen and oxygen atoms in total. The summed E-state index contributed by atoms with van der Waals surface area (Å²) in [7, 11) is 0. The summed E-state index contributed by atoms with van der Waals surface area (Å²) in [6, 6.07) is 12.2. The van der Waals surface area contributed by atoms with E-state index in [1.165, 1.54) is 11.8 Å². The van der Waals surface area contributed by atoms with Crippen molar-refractivity contribution < 1.29 is 23.4 Å². The average molecular weight is 443 g/mol. The molecular weight excluding hydrogens is 424 g/mol. The van der Waals surface area contributed by atoms with Crippen molar-refractivity contribution in [2.24, 2.45) is 10.9 Å². The van der Waals surface area contributed by atoms with Crippen LogP contribution in [0.2, 0.25) is 0 Å². The molecule has 0 bridgehead atoms. The average Bonchev–Trinajstić information content (AvgIpc) is 2.79. The highest BCUT2D eigenvalue weighted by atomic mass is 32.2. The second-order valence-electron chi connectivity index (χ2n) is 7.44. The molecule has 0 saturated carbocycles. The zero-order valence-electron chi connectivity index (χ0n) is 16.3. The minimum absolute atomic E-state index is 0.0404. The summed E-state index contributed by atoms with van der Waals surface area (Å²) in [5.74, 6) is -1.91. The molecule has 2 aliphatic rings. The maximum atomic E-state index is 14.9. The Bertz CT molecular complexity index is 1070. The molecule has 1 amide bonds. The molecule has 2 N–H and O–H groups in total. The smallest absolute Gasteiger partial charge is 0.257 e. The van der Waals surface area contributed by atoms with Crippen LogP contribution in [0.3, 0.4) is 0 Å². The number of thioether (sulfide) groups is 1. The van der Waals surface area contributed by atoms with Gasteiger partial charge in [0.1, 0.15) is 23.2 Å². The number of halogens is 2. The highest BCUT2D eigenvalue weighted by Gasteiger charge is 2.50. The number of fused-ring (bicyclic) bond motifs is 1. The van der Waals surface area contributed by atoms with E-state index in [0.717, 1.165) is 6.07 Å². The summed E-state index contributed by atoms with van der Waals surface area (Å²) in [6.45, 7) is -0.254. The first kappa shape index (κ1) is 21.4. The zero-order chi connectivity index (χ0) is 22.0. The first-order chi connectivity index (χ1) is 15.0. The van der Waals surface area contributed by atoms with Crippen molar-refractivity contribution in [2.75, 3.05) is 19.0 Å². The number of nitriles is 1. The van der Waals surface area contributed by atoms with Crippen LogP contribution in [0.4, 0.5) is 8.78 Å². The van der Waals surface area contributed by atoms with Crippen molar-refractivity contribution in [2.45, 2.75) is 18.1 Å². The fraction of sp³-hybridized carbons (Fsp3) is 0.318. The van der Waals surface area contributed by atoms with E-state index < -0.39 is 23.3 Å². The number of nitrogens with zero attached hydrogens (tertiary/aromatic N) is 2. The van der Waals surface area contributed by atoms with Gasteiger partial charge >= 0.3 is 0 Å². The number of amidine groups is 1. The highest BCUT2D eigenvalue weighted by molar-refractivity contribution is 8.13. The van der Waals surface area contributed by atoms with Crippen LogP contribution in [0, 0.1) is 28.9 Å². The van der Waals surface area contributed by atoms with Gasteiger partial charge in [0.15, 0.2) is 5.17 Å². The van der Waals surface area contributed by atoms with E-state index in [0.29, 0.717) is 29.0 Å². The van der Waals surface area contributed by atoms with Crippen molar-refractivity contribution in [1.82, 2.24) is 5.32 Å². The molecule has 160 valence electrons. The largest absolute Gasteiger partial charge is 0.394 e. The summed E-state index contributed by atoms with van der Waals surface area (Å²) >= 11 is 1.32. The number of amides is 1.